The Morgan fingerprint density at radius 2 is 2.06 bits per heavy atom. The molecule has 1 aliphatic rings. The first-order chi connectivity index (χ1) is 8.00. The zero-order chi connectivity index (χ0) is 12.8. The van der Waals surface area contributed by atoms with Crippen molar-refractivity contribution in [3.8, 4) is 0 Å². The molecule has 1 unspecified atom stereocenters. The highest BCUT2D eigenvalue weighted by Crippen LogP contribution is 2.17. The molecule has 1 aliphatic heterocycles. The van der Waals surface area contributed by atoms with Crippen molar-refractivity contribution in [2.75, 3.05) is 24.6 Å². The molecule has 0 aliphatic carbocycles. The number of aliphatic carboxylic acids is 1. The van der Waals surface area contributed by atoms with Gasteiger partial charge in [0.1, 0.15) is 0 Å². The molecule has 1 heterocycles. The zero-order valence-corrected chi connectivity index (χ0v) is 10.2. The van der Waals surface area contributed by atoms with Gasteiger partial charge in [0.15, 0.2) is 0 Å². The maximum atomic E-state index is 11.7. The maximum Gasteiger partial charge on any atom is 0.308 e. The van der Waals surface area contributed by atoms with E-state index in [2.05, 4.69) is 0 Å². The number of carbonyl (C=O) groups excluding carboxylic acids is 2. The van der Waals surface area contributed by atoms with Crippen molar-refractivity contribution < 1.29 is 19.5 Å². The van der Waals surface area contributed by atoms with E-state index >= 15 is 0 Å². The third-order valence-electron chi connectivity index (χ3n) is 2.59. The molecule has 1 atom stereocenters. The topological polar surface area (TPSA) is 101 Å². The van der Waals surface area contributed by atoms with Crippen LogP contribution in [0.4, 0.5) is 0 Å². The first-order valence-corrected chi connectivity index (χ1v) is 6.53. The Bertz CT molecular complexity index is 321. The van der Waals surface area contributed by atoms with Gasteiger partial charge in [0.25, 0.3) is 0 Å². The van der Waals surface area contributed by atoms with E-state index in [4.69, 9.17) is 10.8 Å². The third-order valence-corrected chi connectivity index (χ3v) is 3.53. The molecule has 96 valence electrons. The van der Waals surface area contributed by atoms with Crippen LogP contribution in [0.5, 0.6) is 0 Å². The normalized spacial score (nSPS) is 20.0. The van der Waals surface area contributed by atoms with Crippen LogP contribution in [0.1, 0.15) is 12.8 Å². The van der Waals surface area contributed by atoms with E-state index in [9.17, 15) is 14.4 Å². The van der Waals surface area contributed by atoms with Gasteiger partial charge in [0.05, 0.1) is 17.4 Å². The van der Waals surface area contributed by atoms with Crippen LogP contribution in [-0.2, 0) is 14.4 Å². The van der Waals surface area contributed by atoms with Gasteiger partial charge in [-0.1, -0.05) is 0 Å². The molecule has 7 heteroatoms. The fraction of sp³-hybridized carbons (Fsp3) is 0.700. The van der Waals surface area contributed by atoms with Gasteiger partial charge in [0.2, 0.25) is 11.8 Å². The van der Waals surface area contributed by atoms with Crippen LogP contribution in [0.3, 0.4) is 0 Å². The summed E-state index contributed by atoms with van der Waals surface area (Å²) in [6.07, 6.45) is 1.33. The lowest BCUT2D eigenvalue weighted by molar-refractivity contribution is -0.145. The molecular formula is C10H16N2O4S. The summed E-state index contributed by atoms with van der Waals surface area (Å²) in [6, 6.07) is 0. The smallest absolute Gasteiger partial charge is 0.308 e. The van der Waals surface area contributed by atoms with Crippen LogP contribution in [0.2, 0.25) is 0 Å². The summed E-state index contributed by atoms with van der Waals surface area (Å²) in [5.74, 6) is -1.61. The number of carboxylic acids is 1. The van der Waals surface area contributed by atoms with Gasteiger partial charge in [-0.05, 0) is 12.8 Å². The fourth-order valence-corrected chi connectivity index (χ4v) is 2.40. The second kappa shape index (κ2) is 6.48. The number of carboxylic acid groups (broad SMARTS) is 1. The van der Waals surface area contributed by atoms with Crippen LogP contribution < -0.4 is 5.73 Å². The molecule has 0 radical (unpaired) electrons. The number of hydrogen-bond acceptors (Lipinski definition) is 4. The number of piperidine rings is 1. The zero-order valence-electron chi connectivity index (χ0n) is 9.42. The van der Waals surface area contributed by atoms with Crippen LogP contribution in [0, 0.1) is 5.92 Å². The van der Waals surface area contributed by atoms with E-state index in [1.54, 1.807) is 4.90 Å². The number of carbonyl (C=O) groups is 3. The lowest BCUT2D eigenvalue weighted by Gasteiger charge is -2.30. The monoisotopic (exact) mass is 260 g/mol. The molecule has 0 aromatic rings. The predicted molar refractivity (Wildman–Crippen MR) is 63.5 cm³/mol. The third kappa shape index (κ3) is 4.64. The lowest BCUT2D eigenvalue weighted by atomic mass is 9.98. The van der Waals surface area contributed by atoms with E-state index < -0.39 is 17.8 Å². The van der Waals surface area contributed by atoms with Crippen LogP contribution in [0.15, 0.2) is 0 Å². The average Bonchev–Trinajstić information content (AvgIpc) is 2.28. The first-order valence-electron chi connectivity index (χ1n) is 5.37. The Morgan fingerprint density at radius 3 is 2.65 bits per heavy atom. The number of thioether (sulfide) groups is 1. The number of amides is 2. The minimum atomic E-state index is -0.854. The summed E-state index contributed by atoms with van der Waals surface area (Å²) in [5, 5.41) is 8.88. The molecule has 2 amide bonds. The molecule has 0 aromatic heterocycles. The minimum absolute atomic E-state index is 0.113. The van der Waals surface area contributed by atoms with Gasteiger partial charge in [0, 0.05) is 13.1 Å². The first kappa shape index (κ1) is 13.8. The number of hydrogen-bond donors (Lipinski definition) is 2. The minimum Gasteiger partial charge on any atom is -0.481 e. The van der Waals surface area contributed by atoms with Crippen molar-refractivity contribution in [2.24, 2.45) is 11.7 Å². The summed E-state index contributed by atoms with van der Waals surface area (Å²) < 4.78 is 0. The van der Waals surface area contributed by atoms with Crippen molar-refractivity contribution in [3.63, 3.8) is 0 Å². The van der Waals surface area contributed by atoms with Crippen LogP contribution in [0.25, 0.3) is 0 Å². The van der Waals surface area contributed by atoms with Gasteiger partial charge >= 0.3 is 5.97 Å². The van der Waals surface area contributed by atoms with E-state index in [1.165, 1.54) is 0 Å². The van der Waals surface area contributed by atoms with Crippen molar-refractivity contribution in [3.05, 3.63) is 0 Å². The van der Waals surface area contributed by atoms with Gasteiger partial charge in [-0.3, -0.25) is 14.4 Å². The average molecular weight is 260 g/mol. The molecular weight excluding hydrogens is 244 g/mol. The number of nitrogens with zero attached hydrogens (tertiary/aromatic N) is 1. The van der Waals surface area contributed by atoms with Crippen LogP contribution in [-0.4, -0.2) is 52.4 Å². The Morgan fingerprint density at radius 1 is 1.35 bits per heavy atom. The molecule has 1 fully saturated rings. The van der Waals surface area contributed by atoms with Gasteiger partial charge in [-0.25, -0.2) is 0 Å². The highest BCUT2D eigenvalue weighted by atomic mass is 32.2. The maximum absolute atomic E-state index is 11.7. The van der Waals surface area contributed by atoms with E-state index in [1.807, 2.05) is 0 Å². The summed E-state index contributed by atoms with van der Waals surface area (Å²) in [5.41, 5.74) is 4.96. The Hall–Kier alpha value is -1.24. The van der Waals surface area contributed by atoms with E-state index in [0.29, 0.717) is 19.4 Å². The van der Waals surface area contributed by atoms with Crippen molar-refractivity contribution in [2.45, 2.75) is 12.8 Å². The van der Waals surface area contributed by atoms with Gasteiger partial charge in [-0.2, -0.15) is 0 Å². The number of likely N-dealkylation sites (tertiary alicyclic amines) is 1. The van der Waals surface area contributed by atoms with Crippen molar-refractivity contribution in [1.29, 1.82) is 0 Å². The molecule has 17 heavy (non-hydrogen) atoms. The molecule has 1 rings (SSSR count). The molecule has 3 N–H and O–H groups in total. The Balaban J connectivity index is 2.35. The molecule has 0 aromatic carbocycles. The number of primary amides is 1. The Labute approximate surface area is 104 Å². The Kier molecular flexibility index (Phi) is 5.27. The largest absolute Gasteiger partial charge is 0.481 e. The summed E-state index contributed by atoms with van der Waals surface area (Å²) >= 11 is 1.16. The standard InChI is InChI=1S/C10H16N2O4S/c11-8(13)5-17-6-9(14)12-3-1-2-7(4-12)10(15)16/h7H,1-6H2,(H2,11,13)(H,15,16). The molecule has 1 saturated heterocycles. The van der Waals surface area contributed by atoms with Crippen molar-refractivity contribution >= 4 is 29.5 Å². The predicted octanol–water partition coefficient (Wildman–Crippen LogP) is -0.472. The SMILES string of the molecule is NC(=O)CSCC(=O)N1CCCC(C(=O)O)C1. The number of rotatable bonds is 5. The summed E-state index contributed by atoms with van der Waals surface area (Å²) in [7, 11) is 0. The van der Waals surface area contributed by atoms with Crippen LogP contribution >= 0.6 is 11.8 Å². The molecule has 0 bridgehead atoms. The fourth-order valence-electron chi connectivity index (χ4n) is 1.74. The second-order valence-electron chi connectivity index (χ2n) is 3.98. The molecule has 0 saturated carbocycles. The second-order valence-corrected chi connectivity index (χ2v) is 4.96. The summed E-state index contributed by atoms with van der Waals surface area (Å²) in [6.45, 7) is 0.866. The molecule has 0 spiro atoms. The highest BCUT2D eigenvalue weighted by Gasteiger charge is 2.27. The van der Waals surface area contributed by atoms with E-state index in [-0.39, 0.29) is 24.0 Å². The highest BCUT2D eigenvalue weighted by molar-refractivity contribution is 8.00. The van der Waals surface area contributed by atoms with Gasteiger partial charge < -0.3 is 15.7 Å². The quantitative estimate of drug-likeness (QED) is 0.696. The molecule has 6 nitrogen and oxygen atoms in total. The van der Waals surface area contributed by atoms with Gasteiger partial charge in [-0.15, -0.1) is 11.8 Å². The number of nitrogens with two attached hydrogens (primary N) is 1. The van der Waals surface area contributed by atoms with Crippen molar-refractivity contribution in [1.82, 2.24) is 4.90 Å². The summed E-state index contributed by atoms with van der Waals surface area (Å²) in [4.78, 5) is 34.6. The van der Waals surface area contributed by atoms with E-state index in [0.717, 1.165) is 11.8 Å². The lowest BCUT2D eigenvalue weighted by Crippen LogP contribution is -2.43.